The van der Waals surface area contributed by atoms with E-state index >= 15 is 0 Å². The SMILES string of the molecule is N#C/C(=C/c1cn(Cc2cccc(Cl)c2)c2ccccc12)C(=O)Nc1ccc(O)cc1. The van der Waals surface area contributed by atoms with Crippen LogP contribution in [0, 0.1) is 11.3 Å². The topological polar surface area (TPSA) is 78.0 Å². The van der Waals surface area contributed by atoms with Crippen LogP contribution in [-0.2, 0) is 11.3 Å². The van der Waals surface area contributed by atoms with E-state index in [0.29, 0.717) is 17.3 Å². The van der Waals surface area contributed by atoms with Gasteiger partial charge in [-0.2, -0.15) is 5.26 Å². The molecule has 4 rings (SSSR count). The van der Waals surface area contributed by atoms with Crippen molar-refractivity contribution in [2.75, 3.05) is 5.32 Å². The Labute approximate surface area is 184 Å². The van der Waals surface area contributed by atoms with E-state index in [1.807, 2.05) is 60.8 Å². The molecule has 2 N–H and O–H groups in total. The molecule has 1 aromatic heterocycles. The van der Waals surface area contributed by atoms with Crippen molar-refractivity contribution < 1.29 is 9.90 Å². The van der Waals surface area contributed by atoms with E-state index in [1.54, 1.807) is 18.2 Å². The van der Waals surface area contributed by atoms with Crippen LogP contribution < -0.4 is 5.32 Å². The van der Waals surface area contributed by atoms with Gasteiger partial charge < -0.3 is 15.0 Å². The average molecular weight is 428 g/mol. The molecule has 152 valence electrons. The van der Waals surface area contributed by atoms with Gasteiger partial charge in [0, 0.05) is 39.9 Å². The maximum Gasteiger partial charge on any atom is 0.266 e. The fourth-order valence-corrected chi connectivity index (χ4v) is 3.61. The second-order valence-electron chi connectivity index (χ2n) is 7.03. The molecule has 0 spiro atoms. The number of phenols is 1. The number of aromatic hydroxyl groups is 1. The third-order valence-electron chi connectivity index (χ3n) is 4.85. The van der Waals surface area contributed by atoms with Crippen LogP contribution in [0.15, 0.2) is 84.6 Å². The van der Waals surface area contributed by atoms with E-state index in [-0.39, 0.29) is 11.3 Å². The Morgan fingerprint density at radius 2 is 1.87 bits per heavy atom. The summed E-state index contributed by atoms with van der Waals surface area (Å²) in [6, 6.07) is 23.5. The summed E-state index contributed by atoms with van der Waals surface area (Å²) < 4.78 is 2.07. The van der Waals surface area contributed by atoms with Crippen LogP contribution in [0.25, 0.3) is 17.0 Å². The number of nitriles is 1. The van der Waals surface area contributed by atoms with Gasteiger partial charge >= 0.3 is 0 Å². The van der Waals surface area contributed by atoms with Crippen molar-refractivity contribution in [2.45, 2.75) is 6.54 Å². The molecule has 1 heterocycles. The summed E-state index contributed by atoms with van der Waals surface area (Å²) in [7, 11) is 0. The predicted octanol–water partition coefficient (Wildman–Crippen LogP) is 5.59. The van der Waals surface area contributed by atoms with E-state index in [9.17, 15) is 15.2 Å². The highest BCUT2D eigenvalue weighted by Gasteiger charge is 2.13. The lowest BCUT2D eigenvalue weighted by atomic mass is 10.1. The Morgan fingerprint density at radius 1 is 1.10 bits per heavy atom. The molecule has 4 aromatic rings. The lowest BCUT2D eigenvalue weighted by molar-refractivity contribution is -0.112. The van der Waals surface area contributed by atoms with Gasteiger partial charge in [-0.15, -0.1) is 0 Å². The van der Waals surface area contributed by atoms with Crippen molar-refractivity contribution in [3.05, 3.63) is 101 Å². The Morgan fingerprint density at radius 3 is 2.61 bits per heavy atom. The minimum absolute atomic E-state index is 0.0151. The van der Waals surface area contributed by atoms with Gasteiger partial charge in [-0.1, -0.05) is 41.9 Å². The zero-order chi connectivity index (χ0) is 21.8. The van der Waals surface area contributed by atoms with Crippen molar-refractivity contribution >= 4 is 40.2 Å². The molecule has 0 fully saturated rings. The molecular formula is C25H18ClN3O2. The summed E-state index contributed by atoms with van der Waals surface area (Å²) in [5.41, 5.74) is 3.29. The van der Waals surface area contributed by atoms with Crippen molar-refractivity contribution in [2.24, 2.45) is 0 Å². The number of hydrogen-bond donors (Lipinski definition) is 2. The van der Waals surface area contributed by atoms with Crippen LogP contribution in [0.4, 0.5) is 5.69 Å². The van der Waals surface area contributed by atoms with Gasteiger partial charge in [-0.25, -0.2) is 0 Å². The molecule has 0 saturated carbocycles. The minimum atomic E-state index is -0.514. The number of phenolic OH excluding ortho intramolecular Hbond substituents is 1. The zero-order valence-corrected chi connectivity index (χ0v) is 17.2. The van der Waals surface area contributed by atoms with E-state index in [0.717, 1.165) is 22.0 Å². The number of halogens is 1. The molecule has 0 radical (unpaired) electrons. The fourth-order valence-electron chi connectivity index (χ4n) is 3.40. The molecule has 0 saturated heterocycles. The number of nitrogens with one attached hydrogen (secondary N) is 1. The van der Waals surface area contributed by atoms with Gasteiger partial charge in [-0.05, 0) is 54.1 Å². The Bertz CT molecular complexity index is 1330. The standard InChI is InChI=1S/C25H18ClN3O2/c26-20-5-3-4-17(12-20)15-29-16-19(23-6-1-2-7-24(23)29)13-18(14-27)25(31)28-21-8-10-22(30)11-9-21/h1-13,16,30H,15H2,(H,28,31)/b18-13-. The first kappa shape index (κ1) is 20.3. The molecule has 0 aliphatic rings. The number of nitrogens with zero attached hydrogens (tertiary/aromatic N) is 2. The first-order chi connectivity index (χ1) is 15.0. The van der Waals surface area contributed by atoms with Crippen molar-refractivity contribution in [1.29, 1.82) is 5.26 Å². The first-order valence-electron chi connectivity index (χ1n) is 9.58. The molecule has 0 unspecified atom stereocenters. The highest BCUT2D eigenvalue weighted by Crippen LogP contribution is 2.25. The van der Waals surface area contributed by atoms with Crippen LogP contribution in [0.3, 0.4) is 0 Å². The second-order valence-corrected chi connectivity index (χ2v) is 7.47. The number of para-hydroxylation sites is 1. The lowest BCUT2D eigenvalue weighted by Gasteiger charge is -2.06. The van der Waals surface area contributed by atoms with Crippen LogP contribution in [-0.4, -0.2) is 15.6 Å². The van der Waals surface area contributed by atoms with Crippen molar-refractivity contribution in [3.8, 4) is 11.8 Å². The van der Waals surface area contributed by atoms with Gasteiger partial charge in [-0.3, -0.25) is 4.79 Å². The van der Waals surface area contributed by atoms with Gasteiger partial charge in [0.25, 0.3) is 5.91 Å². The Hall–Kier alpha value is -4.01. The Balaban J connectivity index is 1.67. The van der Waals surface area contributed by atoms with Crippen LogP contribution in [0.1, 0.15) is 11.1 Å². The van der Waals surface area contributed by atoms with Gasteiger partial charge in [0.1, 0.15) is 17.4 Å². The largest absolute Gasteiger partial charge is 0.508 e. The van der Waals surface area contributed by atoms with Gasteiger partial charge in [0.15, 0.2) is 0 Å². The summed E-state index contributed by atoms with van der Waals surface area (Å²) in [5.74, 6) is -0.415. The molecule has 6 heteroatoms. The number of hydrogen-bond acceptors (Lipinski definition) is 3. The van der Waals surface area contributed by atoms with E-state index in [1.165, 1.54) is 12.1 Å². The minimum Gasteiger partial charge on any atom is -0.508 e. The lowest BCUT2D eigenvalue weighted by Crippen LogP contribution is -2.13. The van der Waals surface area contributed by atoms with Gasteiger partial charge in [0.2, 0.25) is 0 Å². The quantitative estimate of drug-likeness (QED) is 0.247. The summed E-state index contributed by atoms with van der Waals surface area (Å²) >= 11 is 6.12. The maximum atomic E-state index is 12.6. The summed E-state index contributed by atoms with van der Waals surface area (Å²) in [6.45, 7) is 0.608. The van der Waals surface area contributed by atoms with E-state index in [4.69, 9.17) is 11.6 Å². The maximum absolute atomic E-state index is 12.6. The highest BCUT2D eigenvalue weighted by molar-refractivity contribution is 6.30. The molecule has 0 atom stereocenters. The van der Waals surface area contributed by atoms with Crippen LogP contribution in [0.5, 0.6) is 5.75 Å². The van der Waals surface area contributed by atoms with Crippen molar-refractivity contribution in [3.63, 3.8) is 0 Å². The second kappa shape index (κ2) is 8.78. The average Bonchev–Trinajstić information content (AvgIpc) is 3.11. The number of amides is 1. The highest BCUT2D eigenvalue weighted by atomic mass is 35.5. The zero-order valence-electron chi connectivity index (χ0n) is 16.4. The third kappa shape index (κ3) is 4.61. The van der Waals surface area contributed by atoms with E-state index < -0.39 is 5.91 Å². The van der Waals surface area contributed by atoms with E-state index in [2.05, 4.69) is 9.88 Å². The normalized spacial score (nSPS) is 11.3. The van der Waals surface area contributed by atoms with Crippen molar-refractivity contribution in [1.82, 2.24) is 4.57 Å². The molecule has 3 aromatic carbocycles. The molecular weight excluding hydrogens is 410 g/mol. The molecule has 1 amide bonds. The molecule has 0 aliphatic carbocycles. The molecule has 0 aliphatic heterocycles. The third-order valence-corrected chi connectivity index (χ3v) is 5.09. The van der Waals surface area contributed by atoms with Crippen LogP contribution >= 0.6 is 11.6 Å². The number of aromatic nitrogens is 1. The molecule has 0 bridgehead atoms. The number of benzene rings is 3. The van der Waals surface area contributed by atoms with Crippen LogP contribution in [0.2, 0.25) is 5.02 Å². The van der Waals surface area contributed by atoms with Gasteiger partial charge in [0.05, 0.1) is 0 Å². The fraction of sp³-hybridized carbons (Fsp3) is 0.0400. The summed E-state index contributed by atoms with van der Waals surface area (Å²) in [5, 5.41) is 23.3. The smallest absolute Gasteiger partial charge is 0.266 e. The summed E-state index contributed by atoms with van der Waals surface area (Å²) in [6.07, 6.45) is 3.52. The summed E-state index contributed by atoms with van der Waals surface area (Å²) in [4.78, 5) is 12.6. The predicted molar refractivity (Wildman–Crippen MR) is 123 cm³/mol. The number of anilines is 1. The Kier molecular flexibility index (Phi) is 5.74. The number of carbonyl (C=O) groups is 1. The number of fused-ring (bicyclic) bond motifs is 1. The first-order valence-corrected chi connectivity index (χ1v) is 9.96. The molecule has 5 nitrogen and oxygen atoms in total. The number of carbonyl (C=O) groups excluding carboxylic acids is 1. The number of rotatable bonds is 5. The molecule has 31 heavy (non-hydrogen) atoms. The monoisotopic (exact) mass is 427 g/mol.